The van der Waals surface area contributed by atoms with Gasteiger partial charge in [-0.2, -0.15) is 0 Å². The third kappa shape index (κ3) is 3.09. The monoisotopic (exact) mass is 492 g/mol. The average Bonchev–Trinajstić information content (AvgIpc) is 3.47. The van der Waals surface area contributed by atoms with Crippen molar-refractivity contribution in [3.63, 3.8) is 0 Å². The fourth-order valence-corrected chi connectivity index (χ4v) is 7.63. The van der Waals surface area contributed by atoms with E-state index in [2.05, 4.69) is 107 Å². The predicted octanol–water partition coefficient (Wildman–Crippen LogP) is 8.39. The van der Waals surface area contributed by atoms with E-state index in [0.29, 0.717) is 0 Å². The van der Waals surface area contributed by atoms with E-state index in [-0.39, 0.29) is 18.3 Å². The zero-order chi connectivity index (χ0) is 23.9. The van der Waals surface area contributed by atoms with Crippen molar-refractivity contribution in [1.29, 1.82) is 0 Å². The van der Waals surface area contributed by atoms with Crippen molar-refractivity contribution in [1.82, 2.24) is 0 Å². The molecule has 35 heavy (non-hydrogen) atoms. The Morgan fingerprint density at radius 3 is 1.83 bits per heavy atom. The Labute approximate surface area is 213 Å². The van der Waals surface area contributed by atoms with E-state index in [1.807, 2.05) is 22.7 Å². The first-order valence-corrected chi connectivity index (χ1v) is 13.7. The van der Waals surface area contributed by atoms with Gasteiger partial charge in [0.15, 0.2) is 0 Å². The lowest BCUT2D eigenvalue weighted by atomic mass is 9.78. The Kier molecular flexibility index (Phi) is 4.57. The quantitative estimate of drug-likeness (QED) is 0.226. The lowest BCUT2D eigenvalue weighted by Gasteiger charge is -2.32. The van der Waals surface area contributed by atoms with Crippen LogP contribution in [0.2, 0.25) is 0 Å². The Bertz CT molecular complexity index is 1760. The molecule has 1 fully saturated rings. The minimum absolute atomic E-state index is 0.364. The summed E-state index contributed by atoms with van der Waals surface area (Å²) in [5.41, 5.74) is 2.97. The van der Waals surface area contributed by atoms with Crippen molar-refractivity contribution in [2.45, 2.75) is 38.9 Å². The zero-order valence-corrected chi connectivity index (χ0v) is 21.8. The molecule has 4 aromatic carbocycles. The van der Waals surface area contributed by atoms with Crippen LogP contribution in [0.4, 0.5) is 0 Å². The molecule has 0 atom stereocenters. The number of rotatable bonds is 2. The van der Waals surface area contributed by atoms with E-state index in [0.717, 1.165) is 5.46 Å². The number of benzene rings is 4. The molecule has 0 aliphatic carbocycles. The van der Waals surface area contributed by atoms with Gasteiger partial charge >= 0.3 is 7.12 Å². The summed E-state index contributed by atoms with van der Waals surface area (Å²) in [7, 11) is -0.371. The van der Waals surface area contributed by atoms with Gasteiger partial charge in [-0.15, -0.1) is 22.7 Å². The van der Waals surface area contributed by atoms with E-state index in [9.17, 15) is 0 Å². The molecule has 5 heteroatoms. The summed E-state index contributed by atoms with van der Waals surface area (Å²) in [6.45, 7) is 8.45. The third-order valence-corrected chi connectivity index (χ3v) is 10.1. The van der Waals surface area contributed by atoms with Crippen LogP contribution in [0.25, 0.3) is 51.5 Å². The van der Waals surface area contributed by atoms with Gasteiger partial charge in [0, 0.05) is 45.8 Å². The van der Waals surface area contributed by atoms with Crippen LogP contribution in [0.1, 0.15) is 27.7 Å². The molecule has 6 aromatic rings. The molecule has 0 spiro atoms. The van der Waals surface area contributed by atoms with Crippen LogP contribution in [-0.2, 0) is 9.31 Å². The van der Waals surface area contributed by atoms with Gasteiger partial charge in [0.1, 0.15) is 0 Å². The molecule has 3 heterocycles. The van der Waals surface area contributed by atoms with Gasteiger partial charge in [0.2, 0.25) is 0 Å². The summed E-state index contributed by atoms with van der Waals surface area (Å²) in [5.74, 6) is 0. The average molecular weight is 492 g/mol. The molecule has 172 valence electrons. The molecule has 2 aromatic heterocycles. The molecule has 0 bridgehead atoms. The Morgan fingerprint density at radius 2 is 1.11 bits per heavy atom. The van der Waals surface area contributed by atoms with E-state index in [1.165, 1.54) is 51.5 Å². The topological polar surface area (TPSA) is 18.5 Å². The van der Waals surface area contributed by atoms with Gasteiger partial charge in [0.05, 0.1) is 11.2 Å². The maximum atomic E-state index is 6.45. The first-order valence-electron chi connectivity index (χ1n) is 12.0. The van der Waals surface area contributed by atoms with Crippen molar-refractivity contribution in [3.05, 3.63) is 78.9 Å². The highest BCUT2D eigenvalue weighted by Crippen LogP contribution is 2.45. The summed E-state index contributed by atoms with van der Waals surface area (Å²) in [6, 6.07) is 28.7. The number of hydrogen-bond acceptors (Lipinski definition) is 4. The maximum absolute atomic E-state index is 6.45. The number of fused-ring (bicyclic) bond motifs is 6. The highest BCUT2D eigenvalue weighted by molar-refractivity contribution is 7.27. The van der Waals surface area contributed by atoms with Crippen molar-refractivity contribution in [2.24, 2.45) is 0 Å². The van der Waals surface area contributed by atoms with Gasteiger partial charge in [-0.05, 0) is 57.0 Å². The third-order valence-electron chi connectivity index (χ3n) is 7.75. The summed E-state index contributed by atoms with van der Waals surface area (Å²) >= 11 is 3.71. The molecule has 0 radical (unpaired) electrons. The Balaban J connectivity index is 1.50. The number of hydrogen-bond donors (Lipinski definition) is 0. The van der Waals surface area contributed by atoms with E-state index in [1.54, 1.807) is 0 Å². The molecule has 0 N–H and O–H groups in total. The largest absolute Gasteiger partial charge is 0.496 e. The molecule has 0 saturated carbocycles. The molecule has 1 aliphatic rings. The van der Waals surface area contributed by atoms with Crippen LogP contribution in [0.15, 0.2) is 78.9 Å². The van der Waals surface area contributed by atoms with Gasteiger partial charge < -0.3 is 9.31 Å². The molecule has 7 rings (SSSR count). The predicted molar refractivity (Wildman–Crippen MR) is 153 cm³/mol. The van der Waals surface area contributed by atoms with Crippen molar-refractivity contribution in [3.8, 4) is 11.1 Å². The minimum atomic E-state index is -0.371. The molecule has 0 amide bonds. The first kappa shape index (κ1) is 21.6. The SMILES string of the molecule is CC1(C)OB(c2cccc3c2sc2cccc(-c4cccc5sc6ccccc6c45)c23)OC1(C)C. The van der Waals surface area contributed by atoms with E-state index >= 15 is 0 Å². The lowest BCUT2D eigenvalue weighted by Crippen LogP contribution is -2.41. The van der Waals surface area contributed by atoms with Gasteiger partial charge in [-0.3, -0.25) is 0 Å². The normalized spacial score (nSPS) is 17.3. The summed E-state index contributed by atoms with van der Waals surface area (Å²) in [6.07, 6.45) is 0. The van der Waals surface area contributed by atoms with Gasteiger partial charge in [0.25, 0.3) is 0 Å². The molecule has 0 unspecified atom stereocenters. The maximum Gasteiger partial charge on any atom is 0.496 e. The minimum Gasteiger partial charge on any atom is -0.399 e. The standard InChI is InChI=1S/C30H25BO2S2/c1-29(2)30(3,4)33-31(32-29)22-14-7-13-21-27-19(12-9-17-25(27)35-28(21)22)18-11-8-16-24-26(18)20-10-5-6-15-23(20)34-24/h5-17H,1-4H3. The smallest absolute Gasteiger partial charge is 0.399 e. The van der Waals surface area contributed by atoms with Crippen molar-refractivity contribution >= 4 is 75.6 Å². The highest BCUT2D eigenvalue weighted by atomic mass is 32.1. The number of thiophene rings is 2. The Morgan fingerprint density at radius 1 is 0.571 bits per heavy atom. The zero-order valence-electron chi connectivity index (χ0n) is 20.2. The molecule has 2 nitrogen and oxygen atoms in total. The Hall–Kier alpha value is -2.70. The summed E-state index contributed by atoms with van der Waals surface area (Å²) in [5, 5.41) is 5.26. The van der Waals surface area contributed by atoms with Crippen LogP contribution in [0, 0.1) is 0 Å². The van der Waals surface area contributed by atoms with E-state index < -0.39 is 0 Å². The summed E-state index contributed by atoms with van der Waals surface area (Å²) < 4.78 is 18.1. The van der Waals surface area contributed by atoms with Crippen LogP contribution >= 0.6 is 22.7 Å². The fraction of sp³-hybridized carbons (Fsp3) is 0.200. The molecule has 1 aliphatic heterocycles. The van der Waals surface area contributed by atoms with Gasteiger partial charge in [-0.25, -0.2) is 0 Å². The van der Waals surface area contributed by atoms with Gasteiger partial charge in [-0.1, -0.05) is 60.7 Å². The van der Waals surface area contributed by atoms with E-state index in [4.69, 9.17) is 9.31 Å². The van der Waals surface area contributed by atoms with Crippen molar-refractivity contribution in [2.75, 3.05) is 0 Å². The second kappa shape index (κ2) is 7.41. The van der Waals surface area contributed by atoms with Crippen LogP contribution < -0.4 is 5.46 Å². The van der Waals surface area contributed by atoms with Crippen LogP contribution in [0.5, 0.6) is 0 Å². The summed E-state index contributed by atoms with van der Waals surface area (Å²) in [4.78, 5) is 0. The second-order valence-electron chi connectivity index (χ2n) is 10.4. The second-order valence-corrected chi connectivity index (χ2v) is 12.5. The first-order chi connectivity index (χ1) is 16.8. The molecular weight excluding hydrogens is 467 g/mol. The lowest BCUT2D eigenvalue weighted by molar-refractivity contribution is 0.00578. The van der Waals surface area contributed by atoms with Crippen LogP contribution in [-0.4, -0.2) is 18.3 Å². The fourth-order valence-electron chi connectivity index (χ4n) is 5.25. The molecular formula is C30H25BO2S2. The van der Waals surface area contributed by atoms with Crippen LogP contribution in [0.3, 0.4) is 0 Å². The van der Waals surface area contributed by atoms with Crippen molar-refractivity contribution < 1.29 is 9.31 Å². The highest BCUT2D eigenvalue weighted by Gasteiger charge is 2.52. The molecule has 1 saturated heterocycles.